The van der Waals surface area contributed by atoms with Gasteiger partial charge in [0.1, 0.15) is 17.3 Å². The minimum Gasteiger partial charge on any atom is -0.300 e. The quantitative estimate of drug-likeness (QED) is 0.438. The Morgan fingerprint density at radius 1 is 1.03 bits per heavy atom. The molecule has 0 saturated heterocycles. The Bertz CT molecular complexity index is 739. The van der Waals surface area contributed by atoms with Gasteiger partial charge in [0.2, 0.25) is 0 Å². The first-order valence-corrected chi connectivity index (χ1v) is 11.8. The van der Waals surface area contributed by atoms with Crippen molar-refractivity contribution in [3.05, 3.63) is 35.9 Å². The van der Waals surface area contributed by atoms with Crippen molar-refractivity contribution in [2.24, 2.45) is 34.5 Å². The van der Waals surface area contributed by atoms with E-state index in [-0.39, 0.29) is 34.2 Å². The number of carbonyl (C=O) groups excluding carboxylic acids is 3. The fourth-order valence-corrected chi connectivity index (χ4v) is 4.88. The third-order valence-corrected chi connectivity index (χ3v) is 7.31. The first-order valence-electron chi connectivity index (χ1n) is 11.8. The van der Waals surface area contributed by atoms with Crippen LogP contribution in [-0.2, 0) is 20.8 Å². The SMILES string of the molecule is CC(=O)Cc1ccccc1.CCC1C(C(CCC(=O)C(C)C(C)(C)C)C(C)=O)C1(C)C. The van der Waals surface area contributed by atoms with Gasteiger partial charge < -0.3 is 0 Å². The fourth-order valence-electron chi connectivity index (χ4n) is 4.88. The van der Waals surface area contributed by atoms with Gasteiger partial charge in [0.15, 0.2) is 0 Å². The van der Waals surface area contributed by atoms with E-state index in [9.17, 15) is 14.4 Å². The Morgan fingerprint density at radius 2 is 1.58 bits per heavy atom. The van der Waals surface area contributed by atoms with Crippen molar-refractivity contribution in [1.82, 2.24) is 0 Å². The predicted molar refractivity (Wildman–Crippen MR) is 129 cm³/mol. The van der Waals surface area contributed by atoms with Crippen LogP contribution in [0.3, 0.4) is 0 Å². The largest absolute Gasteiger partial charge is 0.300 e. The Kier molecular flexibility index (Phi) is 9.85. The molecule has 2 rings (SSSR count). The second-order valence-corrected chi connectivity index (χ2v) is 11.0. The van der Waals surface area contributed by atoms with Gasteiger partial charge in [-0.25, -0.2) is 0 Å². The lowest BCUT2D eigenvalue weighted by Crippen LogP contribution is -2.27. The summed E-state index contributed by atoms with van der Waals surface area (Å²) in [6, 6.07) is 9.75. The third kappa shape index (κ3) is 8.01. The van der Waals surface area contributed by atoms with Gasteiger partial charge in [0.05, 0.1) is 0 Å². The van der Waals surface area contributed by atoms with Crippen LogP contribution in [-0.4, -0.2) is 17.3 Å². The lowest BCUT2D eigenvalue weighted by atomic mass is 9.77. The van der Waals surface area contributed by atoms with Crippen molar-refractivity contribution in [3.63, 3.8) is 0 Å². The summed E-state index contributed by atoms with van der Waals surface area (Å²) in [4.78, 5) is 35.0. The zero-order valence-corrected chi connectivity index (χ0v) is 21.2. The minimum atomic E-state index is 0.00755. The second kappa shape index (κ2) is 11.2. The number of hydrogen-bond donors (Lipinski definition) is 0. The summed E-state index contributed by atoms with van der Waals surface area (Å²) in [5.74, 6) is 2.02. The fraction of sp³-hybridized carbons (Fsp3) is 0.679. The Labute approximate surface area is 190 Å². The molecular formula is C28H44O3. The average molecular weight is 429 g/mol. The summed E-state index contributed by atoms with van der Waals surface area (Å²) in [6.45, 7) is 18.4. The van der Waals surface area contributed by atoms with Crippen molar-refractivity contribution >= 4 is 17.3 Å². The molecule has 0 spiro atoms. The van der Waals surface area contributed by atoms with Crippen molar-refractivity contribution < 1.29 is 14.4 Å². The second-order valence-electron chi connectivity index (χ2n) is 11.0. The van der Waals surface area contributed by atoms with Crippen molar-refractivity contribution in [2.75, 3.05) is 0 Å². The Hall–Kier alpha value is -1.77. The van der Waals surface area contributed by atoms with E-state index in [0.717, 1.165) is 18.4 Å². The van der Waals surface area contributed by atoms with Crippen LogP contribution in [0.4, 0.5) is 0 Å². The maximum Gasteiger partial charge on any atom is 0.136 e. The van der Waals surface area contributed by atoms with Crippen LogP contribution in [0.2, 0.25) is 0 Å². The highest BCUT2D eigenvalue weighted by Crippen LogP contribution is 2.64. The zero-order valence-electron chi connectivity index (χ0n) is 21.2. The summed E-state index contributed by atoms with van der Waals surface area (Å²) in [6.07, 6.45) is 2.97. The number of carbonyl (C=O) groups is 3. The van der Waals surface area contributed by atoms with Crippen LogP contribution >= 0.6 is 0 Å². The van der Waals surface area contributed by atoms with Crippen LogP contribution in [0, 0.1) is 34.5 Å². The number of hydrogen-bond acceptors (Lipinski definition) is 3. The van der Waals surface area contributed by atoms with Crippen LogP contribution in [0.15, 0.2) is 30.3 Å². The molecule has 0 aromatic heterocycles. The molecule has 1 aromatic carbocycles. The smallest absolute Gasteiger partial charge is 0.136 e. The molecule has 1 fully saturated rings. The van der Waals surface area contributed by atoms with E-state index in [4.69, 9.17) is 0 Å². The van der Waals surface area contributed by atoms with Gasteiger partial charge >= 0.3 is 0 Å². The summed E-state index contributed by atoms with van der Waals surface area (Å²) in [5, 5.41) is 0. The Morgan fingerprint density at radius 3 is 1.97 bits per heavy atom. The van der Waals surface area contributed by atoms with E-state index in [1.165, 1.54) is 0 Å². The molecule has 0 amide bonds. The van der Waals surface area contributed by atoms with Crippen LogP contribution < -0.4 is 0 Å². The van der Waals surface area contributed by atoms with E-state index in [0.29, 0.717) is 30.5 Å². The average Bonchev–Trinajstić information content (AvgIpc) is 3.21. The van der Waals surface area contributed by atoms with Crippen molar-refractivity contribution in [3.8, 4) is 0 Å². The number of ketones is 3. The summed E-state index contributed by atoms with van der Waals surface area (Å²) in [7, 11) is 0. The molecule has 1 saturated carbocycles. The van der Waals surface area contributed by atoms with Crippen molar-refractivity contribution in [2.45, 2.75) is 88.0 Å². The molecule has 0 radical (unpaired) electrons. The van der Waals surface area contributed by atoms with E-state index in [1.54, 1.807) is 13.8 Å². The molecule has 0 aliphatic heterocycles. The van der Waals surface area contributed by atoms with Gasteiger partial charge in [-0.1, -0.05) is 85.2 Å². The molecular weight excluding hydrogens is 384 g/mol. The van der Waals surface area contributed by atoms with Crippen molar-refractivity contribution in [1.29, 1.82) is 0 Å². The number of Topliss-reactive ketones (excluding diaryl/α,β-unsaturated/α-hetero) is 3. The highest BCUT2D eigenvalue weighted by molar-refractivity contribution is 5.83. The maximum atomic E-state index is 12.4. The summed E-state index contributed by atoms with van der Waals surface area (Å²) >= 11 is 0. The molecule has 1 aromatic rings. The number of benzene rings is 1. The van der Waals surface area contributed by atoms with Crippen LogP contribution in [0.5, 0.6) is 0 Å². The summed E-state index contributed by atoms with van der Waals surface area (Å²) < 4.78 is 0. The lowest BCUT2D eigenvalue weighted by Gasteiger charge is -2.26. The van der Waals surface area contributed by atoms with Crippen LogP contribution in [0.25, 0.3) is 0 Å². The maximum absolute atomic E-state index is 12.4. The molecule has 3 heteroatoms. The first-order chi connectivity index (χ1) is 14.2. The monoisotopic (exact) mass is 428 g/mol. The standard InChI is InChI=1S/C19H34O2.C9H10O/c1-9-15-17(19(15,7)8)14(13(3)20)10-11-16(21)12(2)18(4,5)6;1-8(10)7-9-5-3-2-4-6-9/h12,14-15,17H,9-11H2,1-8H3;2-6H,7H2,1H3. The lowest BCUT2D eigenvalue weighted by molar-refractivity contribution is -0.126. The van der Waals surface area contributed by atoms with E-state index >= 15 is 0 Å². The van der Waals surface area contributed by atoms with Crippen LogP contribution in [0.1, 0.15) is 87.1 Å². The highest BCUT2D eigenvalue weighted by atomic mass is 16.1. The van der Waals surface area contributed by atoms with Gasteiger partial charge in [-0.3, -0.25) is 14.4 Å². The minimum absolute atomic E-state index is 0.00755. The molecule has 1 aliphatic carbocycles. The molecule has 31 heavy (non-hydrogen) atoms. The predicted octanol–water partition coefficient (Wildman–Crippen LogP) is 6.72. The highest BCUT2D eigenvalue weighted by Gasteiger charge is 2.60. The Balaban J connectivity index is 0.000000399. The molecule has 0 heterocycles. The number of rotatable bonds is 9. The third-order valence-electron chi connectivity index (χ3n) is 7.31. The normalized spacial score (nSPS) is 21.3. The molecule has 3 nitrogen and oxygen atoms in total. The van der Waals surface area contributed by atoms with Gasteiger partial charge in [-0.2, -0.15) is 0 Å². The molecule has 4 unspecified atom stereocenters. The van der Waals surface area contributed by atoms with Gasteiger partial charge in [0.25, 0.3) is 0 Å². The summed E-state index contributed by atoms with van der Waals surface area (Å²) in [5.41, 5.74) is 1.37. The topological polar surface area (TPSA) is 51.2 Å². The molecule has 0 N–H and O–H groups in total. The molecule has 1 aliphatic rings. The molecule has 0 bridgehead atoms. The van der Waals surface area contributed by atoms with Gasteiger partial charge in [0, 0.05) is 24.7 Å². The van der Waals surface area contributed by atoms with Gasteiger partial charge in [-0.05, 0) is 48.5 Å². The van der Waals surface area contributed by atoms with E-state index < -0.39 is 0 Å². The zero-order chi connectivity index (χ0) is 24.0. The van der Waals surface area contributed by atoms with E-state index in [1.807, 2.05) is 37.3 Å². The van der Waals surface area contributed by atoms with Gasteiger partial charge in [-0.15, -0.1) is 0 Å². The molecule has 174 valence electrons. The van der Waals surface area contributed by atoms with E-state index in [2.05, 4.69) is 41.5 Å². The first kappa shape index (κ1) is 27.3. The molecule has 4 atom stereocenters.